The van der Waals surface area contributed by atoms with Gasteiger partial charge in [0.2, 0.25) is 5.91 Å². The number of piperazine rings is 1. The van der Waals surface area contributed by atoms with Gasteiger partial charge in [-0.15, -0.1) is 0 Å². The molecule has 0 saturated carbocycles. The van der Waals surface area contributed by atoms with E-state index in [1.165, 1.54) is 6.92 Å². The summed E-state index contributed by atoms with van der Waals surface area (Å²) in [5, 5.41) is 4.75. The zero-order chi connectivity index (χ0) is 18.7. The first-order valence-electron chi connectivity index (χ1n) is 8.41. The molecule has 3 rings (SSSR count). The molecule has 0 aromatic heterocycles. The van der Waals surface area contributed by atoms with Crippen LogP contribution in [0.1, 0.15) is 12.5 Å². The van der Waals surface area contributed by atoms with Gasteiger partial charge >= 0.3 is 0 Å². The smallest absolute Gasteiger partial charge is 0.221 e. The third kappa shape index (κ3) is 4.83. The maximum absolute atomic E-state index is 11.2. The minimum Gasteiger partial charge on any atom is -0.368 e. The van der Waals surface area contributed by atoms with Crippen LogP contribution < -0.4 is 10.2 Å². The summed E-state index contributed by atoms with van der Waals surface area (Å²) in [5.41, 5.74) is 2.79. The summed E-state index contributed by atoms with van der Waals surface area (Å²) in [6, 6.07) is 11.3. The molecule has 1 saturated heterocycles. The first kappa shape index (κ1) is 19.3. The van der Waals surface area contributed by atoms with Crippen molar-refractivity contribution < 1.29 is 4.79 Å². The Morgan fingerprint density at radius 1 is 1.00 bits per heavy atom. The van der Waals surface area contributed by atoms with Gasteiger partial charge in [-0.25, -0.2) is 0 Å². The number of hydrogen-bond acceptors (Lipinski definition) is 3. The van der Waals surface area contributed by atoms with Gasteiger partial charge in [-0.2, -0.15) is 0 Å². The van der Waals surface area contributed by atoms with E-state index in [4.69, 9.17) is 34.8 Å². The number of anilines is 2. The quantitative estimate of drug-likeness (QED) is 0.773. The second-order valence-corrected chi connectivity index (χ2v) is 7.60. The van der Waals surface area contributed by atoms with Crippen LogP contribution in [0.3, 0.4) is 0 Å². The number of benzene rings is 2. The van der Waals surface area contributed by atoms with E-state index in [1.807, 2.05) is 24.3 Å². The van der Waals surface area contributed by atoms with Crippen molar-refractivity contribution in [2.24, 2.45) is 0 Å². The Bertz CT molecular complexity index is 805. The average Bonchev–Trinajstić information content (AvgIpc) is 2.58. The van der Waals surface area contributed by atoms with E-state index >= 15 is 0 Å². The molecule has 0 bridgehead atoms. The molecule has 0 atom stereocenters. The van der Waals surface area contributed by atoms with Crippen LogP contribution in [-0.2, 0) is 11.3 Å². The molecule has 2 aromatic carbocycles. The lowest BCUT2D eigenvalue weighted by Gasteiger charge is -2.36. The van der Waals surface area contributed by atoms with Gasteiger partial charge in [0.05, 0.1) is 10.7 Å². The van der Waals surface area contributed by atoms with Crippen LogP contribution in [0.4, 0.5) is 11.4 Å². The van der Waals surface area contributed by atoms with Gasteiger partial charge in [-0.1, -0.05) is 40.9 Å². The van der Waals surface area contributed by atoms with E-state index in [-0.39, 0.29) is 5.91 Å². The van der Waals surface area contributed by atoms with E-state index in [1.54, 1.807) is 12.1 Å². The van der Waals surface area contributed by atoms with E-state index < -0.39 is 0 Å². The monoisotopic (exact) mass is 411 g/mol. The summed E-state index contributed by atoms with van der Waals surface area (Å²) in [6.45, 7) is 5.88. The van der Waals surface area contributed by atoms with Gasteiger partial charge in [0, 0.05) is 55.4 Å². The molecule has 26 heavy (non-hydrogen) atoms. The van der Waals surface area contributed by atoms with Crippen molar-refractivity contribution in [3.63, 3.8) is 0 Å². The normalized spacial score (nSPS) is 15.2. The second kappa shape index (κ2) is 8.49. The molecule has 1 amide bonds. The van der Waals surface area contributed by atoms with Crippen molar-refractivity contribution in [3.05, 3.63) is 57.0 Å². The second-order valence-electron chi connectivity index (χ2n) is 6.35. The van der Waals surface area contributed by atoms with Gasteiger partial charge in [-0.3, -0.25) is 9.69 Å². The van der Waals surface area contributed by atoms with Gasteiger partial charge in [-0.05, 0) is 35.9 Å². The lowest BCUT2D eigenvalue weighted by Crippen LogP contribution is -2.46. The molecule has 4 nitrogen and oxygen atoms in total. The number of carbonyl (C=O) groups excluding carboxylic acids is 1. The fraction of sp³-hybridized carbons (Fsp3) is 0.316. The van der Waals surface area contributed by atoms with Crippen LogP contribution in [0.25, 0.3) is 0 Å². The Morgan fingerprint density at radius 3 is 2.35 bits per heavy atom. The van der Waals surface area contributed by atoms with Crippen molar-refractivity contribution in [2.45, 2.75) is 13.5 Å². The summed E-state index contributed by atoms with van der Waals surface area (Å²) in [4.78, 5) is 15.8. The van der Waals surface area contributed by atoms with E-state index in [0.717, 1.165) is 44.0 Å². The van der Waals surface area contributed by atoms with Gasteiger partial charge in [0.25, 0.3) is 0 Å². The largest absolute Gasteiger partial charge is 0.368 e. The summed E-state index contributed by atoms with van der Waals surface area (Å²) >= 11 is 18.6. The Hall–Kier alpha value is -1.46. The maximum atomic E-state index is 11.2. The first-order chi connectivity index (χ1) is 12.4. The van der Waals surface area contributed by atoms with Crippen molar-refractivity contribution in [2.75, 3.05) is 36.4 Å². The number of nitrogens with one attached hydrogen (secondary N) is 1. The van der Waals surface area contributed by atoms with Crippen LogP contribution in [0.15, 0.2) is 36.4 Å². The maximum Gasteiger partial charge on any atom is 0.221 e. The van der Waals surface area contributed by atoms with E-state index in [0.29, 0.717) is 20.8 Å². The lowest BCUT2D eigenvalue weighted by molar-refractivity contribution is -0.114. The lowest BCUT2D eigenvalue weighted by atomic mass is 10.2. The Balaban J connectivity index is 1.60. The molecule has 7 heteroatoms. The highest BCUT2D eigenvalue weighted by molar-refractivity contribution is 6.35. The molecule has 0 spiro atoms. The van der Waals surface area contributed by atoms with Crippen LogP contribution in [-0.4, -0.2) is 37.0 Å². The third-order valence-corrected chi connectivity index (χ3v) is 5.28. The number of halogens is 3. The molecule has 1 heterocycles. The van der Waals surface area contributed by atoms with Crippen molar-refractivity contribution in [1.29, 1.82) is 0 Å². The zero-order valence-electron chi connectivity index (χ0n) is 14.4. The standard InChI is InChI=1S/C19H20Cl3N3O/c1-13(26)23-16-4-5-19(18(22)11-16)25-8-6-24(7-9-25)12-14-2-3-15(20)10-17(14)21/h2-5,10-11H,6-9,12H2,1H3,(H,23,26). The Morgan fingerprint density at radius 2 is 1.73 bits per heavy atom. The number of amides is 1. The van der Waals surface area contributed by atoms with Crippen molar-refractivity contribution in [3.8, 4) is 0 Å². The van der Waals surface area contributed by atoms with Gasteiger partial charge in [0.1, 0.15) is 0 Å². The number of carbonyl (C=O) groups is 1. The summed E-state index contributed by atoms with van der Waals surface area (Å²) in [7, 11) is 0. The Kier molecular flexibility index (Phi) is 6.30. The van der Waals surface area contributed by atoms with Crippen LogP contribution in [0.2, 0.25) is 15.1 Å². The van der Waals surface area contributed by atoms with Crippen molar-refractivity contribution >= 4 is 52.1 Å². The molecular formula is C19H20Cl3N3O. The molecule has 0 aliphatic carbocycles. The summed E-state index contributed by atoms with van der Waals surface area (Å²) < 4.78 is 0. The predicted molar refractivity (Wildman–Crippen MR) is 110 cm³/mol. The SMILES string of the molecule is CC(=O)Nc1ccc(N2CCN(Cc3ccc(Cl)cc3Cl)CC2)c(Cl)c1. The molecule has 1 aliphatic heterocycles. The fourth-order valence-electron chi connectivity index (χ4n) is 3.08. The fourth-order valence-corrected chi connectivity index (χ4v) is 3.85. The molecule has 1 aliphatic rings. The molecule has 1 fully saturated rings. The van der Waals surface area contributed by atoms with E-state index in [9.17, 15) is 4.79 Å². The number of nitrogens with zero attached hydrogens (tertiary/aromatic N) is 2. The van der Waals surface area contributed by atoms with Crippen LogP contribution in [0, 0.1) is 0 Å². The van der Waals surface area contributed by atoms with Gasteiger partial charge < -0.3 is 10.2 Å². The summed E-state index contributed by atoms with van der Waals surface area (Å²) in [5.74, 6) is -0.108. The molecule has 138 valence electrons. The topological polar surface area (TPSA) is 35.6 Å². The number of hydrogen-bond donors (Lipinski definition) is 1. The molecular weight excluding hydrogens is 393 g/mol. The Labute approximate surface area is 168 Å². The third-order valence-electron chi connectivity index (χ3n) is 4.39. The zero-order valence-corrected chi connectivity index (χ0v) is 16.7. The van der Waals surface area contributed by atoms with Gasteiger partial charge in [0.15, 0.2) is 0 Å². The summed E-state index contributed by atoms with van der Waals surface area (Å²) in [6.07, 6.45) is 0. The molecule has 1 N–H and O–H groups in total. The highest BCUT2D eigenvalue weighted by Gasteiger charge is 2.20. The number of rotatable bonds is 4. The minimum absolute atomic E-state index is 0.108. The molecule has 0 unspecified atom stereocenters. The average molecular weight is 413 g/mol. The van der Waals surface area contributed by atoms with E-state index in [2.05, 4.69) is 15.1 Å². The minimum atomic E-state index is -0.108. The highest BCUT2D eigenvalue weighted by atomic mass is 35.5. The van der Waals surface area contributed by atoms with Crippen LogP contribution in [0.5, 0.6) is 0 Å². The molecule has 2 aromatic rings. The first-order valence-corrected chi connectivity index (χ1v) is 9.54. The van der Waals surface area contributed by atoms with Crippen LogP contribution >= 0.6 is 34.8 Å². The molecule has 0 radical (unpaired) electrons. The predicted octanol–water partition coefficient (Wildman–Crippen LogP) is 4.93. The highest BCUT2D eigenvalue weighted by Crippen LogP contribution is 2.30. The van der Waals surface area contributed by atoms with Crippen molar-refractivity contribution in [1.82, 2.24) is 4.90 Å².